The van der Waals surface area contributed by atoms with E-state index < -0.39 is 0 Å². The van der Waals surface area contributed by atoms with Gasteiger partial charge in [0, 0.05) is 5.69 Å². The largest absolute Gasteiger partial charge is 0.469 e. The van der Waals surface area contributed by atoms with Gasteiger partial charge in [0.15, 0.2) is 0 Å². The standard InChI is InChI=1S/C17H23NO2/c1-20-17(19)14-9-6-5-8-13-11-12-7-3-2-4-10-15(12)18-16(13)14/h11,14H,2-10H2,1H3. The van der Waals surface area contributed by atoms with Gasteiger partial charge < -0.3 is 4.74 Å². The van der Waals surface area contributed by atoms with Gasteiger partial charge in [0.05, 0.1) is 18.7 Å². The van der Waals surface area contributed by atoms with Crippen LogP contribution in [-0.2, 0) is 28.8 Å². The normalized spacial score (nSPS) is 22.1. The molecule has 3 nitrogen and oxygen atoms in total. The third-order valence-electron chi connectivity index (χ3n) is 4.67. The topological polar surface area (TPSA) is 39.2 Å². The van der Waals surface area contributed by atoms with Crippen LogP contribution in [0.2, 0.25) is 0 Å². The molecule has 1 aromatic rings. The summed E-state index contributed by atoms with van der Waals surface area (Å²) in [5, 5.41) is 0. The van der Waals surface area contributed by atoms with Crippen molar-refractivity contribution in [1.82, 2.24) is 4.98 Å². The summed E-state index contributed by atoms with van der Waals surface area (Å²) in [6, 6.07) is 2.34. The molecule has 0 N–H and O–H groups in total. The van der Waals surface area contributed by atoms with E-state index in [2.05, 4.69) is 6.07 Å². The van der Waals surface area contributed by atoms with E-state index >= 15 is 0 Å². The maximum Gasteiger partial charge on any atom is 0.314 e. The molecule has 0 saturated carbocycles. The average molecular weight is 273 g/mol. The maximum absolute atomic E-state index is 12.1. The Balaban J connectivity index is 2.03. The number of hydrogen-bond donors (Lipinski definition) is 0. The van der Waals surface area contributed by atoms with E-state index in [0.29, 0.717) is 0 Å². The Morgan fingerprint density at radius 3 is 2.70 bits per heavy atom. The monoisotopic (exact) mass is 273 g/mol. The van der Waals surface area contributed by atoms with Gasteiger partial charge in [0.2, 0.25) is 0 Å². The molecule has 1 unspecified atom stereocenters. The Kier molecular flexibility index (Phi) is 4.04. The van der Waals surface area contributed by atoms with E-state index in [1.807, 2.05) is 0 Å². The summed E-state index contributed by atoms with van der Waals surface area (Å²) < 4.78 is 4.99. The number of pyridine rings is 1. The Labute approximate surface area is 120 Å². The molecular formula is C17H23NO2. The van der Waals surface area contributed by atoms with Crippen LogP contribution >= 0.6 is 0 Å². The highest BCUT2D eigenvalue weighted by Gasteiger charge is 2.28. The fourth-order valence-corrected chi connectivity index (χ4v) is 3.55. The fraction of sp³-hybridized carbons (Fsp3) is 0.647. The lowest BCUT2D eigenvalue weighted by Crippen LogP contribution is -2.17. The molecule has 3 heteroatoms. The van der Waals surface area contributed by atoms with Crippen LogP contribution in [0.3, 0.4) is 0 Å². The SMILES string of the molecule is COC(=O)C1CCCCc2cc3c(nc21)CCCCC3. The van der Waals surface area contributed by atoms with Crippen LogP contribution in [0.4, 0.5) is 0 Å². The van der Waals surface area contributed by atoms with Crippen LogP contribution in [0, 0.1) is 0 Å². The summed E-state index contributed by atoms with van der Waals surface area (Å²) in [7, 11) is 1.48. The summed E-state index contributed by atoms with van der Waals surface area (Å²) in [4.78, 5) is 17.0. The van der Waals surface area contributed by atoms with Crippen molar-refractivity contribution >= 4 is 5.97 Å². The summed E-state index contributed by atoms with van der Waals surface area (Å²) in [5.74, 6) is -0.264. The van der Waals surface area contributed by atoms with Crippen molar-refractivity contribution in [3.8, 4) is 0 Å². The lowest BCUT2D eigenvalue weighted by Gasteiger charge is -2.17. The minimum Gasteiger partial charge on any atom is -0.469 e. The number of carbonyl (C=O) groups is 1. The van der Waals surface area contributed by atoms with E-state index in [9.17, 15) is 4.79 Å². The summed E-state index contributed by atoms with van der Waals surface area (Å²) in [6.07, 6.45) is 10.2. The first-order valence-corrected chi connectivity index (χ1v) is 7.89. The molecule has 2 aliphatic carbocycles. The van der Waals surface area contributed by atoms with Crippen molar-refractivity contribution in [1.29, 1.82) is 0 Å². The van der Waals surface area contributed by atoms with E-state index in [4.69, 9.17) is 9.72 Å². The molecule has 0 aliphatic heterocycles. The predicted molar refractivity (Wildman–Crippen MR) is 77.8 cm³/mol. The van der Waals surface area contributed by atoms with Crippen LogP contribution in [0.5, 0.6) is 0 Å². The lowest BCUT2D eigenvalue weighted by atomic mass is 9.95. The first-order valence-electron chi connectivity index (χ1n) is 7.89. The van der Waals surface area contributed by atoms with Crippen LogP contribution in [0.15, 0.2) is 6.07 Å². The number of carbonyl (C=O) groups excluding carboxylic acids is 1. The number of fused-ring (bicyclic) bond motifs is 2. The van der Waals surface area contributed by atoms with Gasteiger partial charge in [0.25, 0.3) is 0 Å². The van der Waals surface area contributed by atoms with Crippen molar-refractivity contribution in [3.63, 3.8) is 0 Å². The summed E-state index contributed by atoms with van der Waals surface area (Å²) in [5.41, 5.74) is 4.96. The molecule has 2 aliphatic rings. The third kappa shape index (κ3) is 2.58. The highest BCUT2D eigenvalue weighted by atomic mass is 16.5. The smallest absolute Gasteiger partial charge is 0.314 e. The van der Waals surface area contributed by atoms with Gasteiger partial charge in [-0.2, -0.15) is 0 Å². The Morgan fingerprint density at radius 2 is 1.85 bits per heavy atom. The van der Waals surface area contributed by atoms with Crippen molar-refractivity contribution < 1.29 is 9.53 Å². The molecule has 1 atom stereocenters. The van der Waals surface area contributed by atoms with E-state index in [1.165, 1.54) is 43.2 Å². The molecule has 0 saturated heterocycles. The molecule has 0 fully saturated rings. The second kappa shape index (κ2) is 5.94. The minimum atomic E-state index is -0.147. The predicted octanol–water partition coefficient (Wildman–Crippen LogP) is 3.33. The summed E-state index contributed by atoms with van der Waals surface area (Å²) in [6.45, 7) is 0. The summed E-state index contributed by atoms with van der Waals surface area (Å²) >= 11 is 0. The van der Waals surface area contributed by atoms with Crippen molar-refractivity contribution in [2.45, 2.75) is 63.7 Å². The van der Waals surface area contributed by atoms with E-state index in [0.717, 1.165) is 44.2 Å². The molecule has 3 rings (SSSR count). The second-order valence-corrected chi connectivity index (χ2v) is 6.02. The number of nitrogens with zero attached hydrogens (tertiary/aromatic N) is 1. The Hall–Kier alpha value is -1.38. The number of aryl methyl sites for hydroxylation is 3. The van der Waals surface area contributed by atoms with Crippen LogP contribution in [0.1, 0.15) is 67.0 Å². The van der Waals surface area contributed by atoms with Crippen LogP contribution in [-0.4, -0.2) is 18.1 Å². The fourth-order valence-electron chi connectivity index (χ4n) is 3.55. The van der Waals surface area contributed by atoms with Gasteiger partial charge in [-0.05, 0) is 56.1 Å². The molecule has 0 amide bonds. The number of rotatable bonds is 1. The van der Waals surface area contributed by atoms with Gasteiger partial charge in [-0.3, -0.25) is 9.78 Å². The molecule has 1 aromatic heterocycles. The van der Waals surface area contributed by atoms with Crippen LogP contribution in [0.25, 0.3) is 0 Å². The van der Waals surface area contributed by atoms with E-state index in [-0.39, 0.29) is 11.9 Å². The molecule has 0 radical (unpaired) electrons. The Bertz CT molecular complexity index is 510. The van der Waals surface area contributed by atoms with E-state index in [1.54, 1.807) is 0 Å². The first kappa shape index (κ1) is 13.6. The minimum absolute atomic E-state index is 0.116. The number of hydrogen-bond acceptors (Lipinski definition) is 3. The van der Waals surface area contributed by atoms with Crippen molar-refractivity contribution in [2.24, 2.45) is 0 Å². The molecule has 108 valence electrons. The lowest BCUT2D eigenvalue weighted by molar-refractivity contribution is -0.142. The van der Waals surface area contributed by atoms with Gasteiger partial charge in [0.1, 0.15) is 0 Å². The van der Waals surface area contributed by atoms with Crippen LogP contribution < -0.4 is 0 Å². The zero-order chi connectivity index (χ0) is 13.9. The second-order valence-electron chi connectivity index (χ2n) is 6.02. The zero-order valence-corrected chi connectivity index (χ0v) is 12.3. The molecule has 0 spiro atoms. The van der Waals surface area contributed by atoms with Gasteiger partial charge in [-0.1, -0.05) is 18.9 Å². The molecule has 0 bridgehead atoms. The van der Waals surface area contributed by atoms with Gasteiger partial charge >= 0.3 is 5.97 Å². The molecule has 1 heterocycles. The number of aromatic nitrogens is 1. The highest BCUT2D eigenvalue weighted by Crippen LogP contribution is 2.32. The first-order chi connectivity index (χ1) is 9.79. The van der Waals surface area contributed by atoms with Gasteiger partial charge in [-0.15, -0.1) is 0 Å². The number of ether oxygens (including phenoxy) is 1. The quantitative estimate of drug-likeness (QED) is 0.582. The molecule has 0 aromatic carbocycles. The molecular weight excluding hydrogens is 250 g/mol. The average Bonchev–Trinajstić information content (AvgIpc) is 2.81. The highest BCUT2D eigenvalue weighted by molar-refractivity contribution is 5.78. The Morgan fingerprint density at radius 1 is 1.10 bits per heavy atom. The number of methoxy groups -OCH3 is 1. The van der Waals surface area contributed by atoms with Crippen molar-refractivity contribution in [2.75, 3.05) is 7.11 Å². The molecule has 20 heavy (non-hydrogen) atoms. The van der Waals surface area contributed by atoms with Crippen molar-refractivity contribution in [3.05, 3.63) is 28.6 Å². The maximum atomic E-state index is 12.1. The third-order valence-corrected chi connectivity index (χ3v) is 4.67. The number of esters is 1. The van der Waals surface area contributed by atoms with Gasteiger partial charge in [-0.25, -0.2) is 0 Å². The zero-order valence-electron chi connectivity index (χ0n) is 12.3.